The highest BCUT2D eigenvalue weighted by Gasteiger charge is 2.13. The van der Waals surface area contributed by atoms with Crippen molar-refractivity contribution >= 4 is 5.91 Å². The monoisotopic (exact) mass is 292 g/mol. The van der Waals surface area contributed by atoms with E-state index < -0.39 is 0 Å². The van der Waals surface area contributed by atoms with Crippen molar-refractivity contribution in [1.29, 1.82) is 0 Å². The number of rotatable bonds is 8. The summed E-state index contributed by atoms with van der Waals surface area (Å²) in [5.74, 6) is 0.858. The molecule has 0 saturated heterocycles. The van der Waals surface area contributed by atoms with E-state index in [1.807, 2.05) is 39.0 Å². The Morgan fingerprint density at radius 1 is 1.29 bits per heavy atom. The first kappa shape index (κ1) is 17.5. The molecular formula is C17H28N2O2. The molecule has 0 radical (unpaired) electrons. The Labute approximate surface area is 128 Å². The van der Waals surface area contributed by atoms with Crippen LogP contribution in [0.5, 0.6) is 5.75 Å². The van der Waals surface area contributed by atoms with Crippen LogP contribution in [0.25, 0.3) is 0 Å². The molecule has 1 rings (SSSR count). The number of carbonyl (C=O) groups excluding carboxylic acids is 1. The molecule has 0 aliphatic carbocycles. The molecule has 1 aromatic rings. The lowest BCUT2D eigenvalue weighted by Gasteiger charge is -2.20. The van der Waals surface area contributed by atoms with Crippen LogP contribution in [0.2, 0.25) is 0 Å². The Balaban J connectivity index is 2.75. The maximum Gasteiger partial charge on any atom is 0.260 e. The summed E-state index contributed by atoms with van der Waals surface area (Å²) in [6.07, 6.45) is 0. The Bertz CT molecular complexity index is 454. The Kier molecular flexibility index (Phi) is 7.23. The predicted octanol–water partition coefficient (Wildman–Crippen LogP) is 2.74. The average molecular weight is 292 g/mol. The minimum absolute atomic E-state index is 0.0334. The summed E-state index contributed by atoms with van der Waals surface area (Å²) in [5, 5.41) is 3.39. The fourth-order valence-electron chi connectivity index (χ4n) is 2.17. The largest absolute Gasteiger partial charge is 0.483 e. The third kappa shape index (κ3) is 5.38. The molecule has 0 aliphatic rings. The smallest absolute Gasteiger partial charge is 0.260 e. The summed E-state index contributed by atoms with van der Waals surface area (Å²) in [5.41, 5.74) is 2.15. The van der Waals surface area contributed by atoms with E-state index in [1.54, 1.807) is 4.90 Å². The lowest BCUT2D eigenvalue weighted by molar-refractivity contribution is -0.132. The summed E-state index contributed by atoms with van der Waals surface area (Å²) >= 11 is 0. The molecule has 0 saturated carbocycles. The topological polar surface area (TPSA) is 41.6 Å². The molecule has 0 atom stereocenters. The van der Waals surface area contributed by atoms with Crippen molar-refractivity contribution in [3.8, 4) is 5.75 Å². The van der Waals surface area contributed by atoms with Crippen LogP contribution in [-0.4, -0.2) is 36.5 Å². The molecule has 1 aromatic carbocycles. The van der Waals surface area contributed by atoms with Gasteiger partial charge in [0.25, 0.3) is 5.91 Å². The number of para-hydroxylation sites is 1. The third-order valence-corrected chi connectivity index (χ3v) is 3.45. The van der Waals surface area contributed by atoms with Gasteiger partial charge in [0, 0.05) is 31.2 Å². The zero-order valence-corrected chi connectivity index (χ0v) is 13.9. The Hall–Kier alpha value is -1.55. The van der Waals surface area contributed by atoms with Crippen LogP contribution in [0, 0.1) is 6.92 Å². The summed E-state index contributed by atoms with van der Waals surface area (Å²) in [6, 6.07) is 6.48. The normalized spacial score (nSPS) is 10.8. The number of amides is 1. The van der Waals surface area contributed by atoms with Crippen molar-refractivity contribution in [2.24, 2.45) is 0 Å². The van der Waals surface area contributed by atoms with E-state index in [9.17, 15) is 4.79 Å². The van der Waals surface area contributed by atoms with Crippen LogP contribution in [-0.2, 0) is 11.3 Å². The minimum Gasteiger partial charge on any atom is -0.483 e. The minimum atomic E-state index is 0.0334. The van der Waals surface area contributed by atoms with Crippen LogP contribution in [0.3, 0.4) is 0 Å². The molecule has 0 aromatic heterocycles. The van der Waals surface area contributed by atoms with Crippen molar-refractivity contribution < 1.29 is 9.53 Å². The number of carbonyl (C=O) groups is 1. The van der Waals surface area contributed by atoms with Gasteiger partial charge in [-0.05, 0) is 26.3 Å². The van der Waals surface area contributed by atoms with Crippen molar-refractivity contribution in [2.45, 2.75) is 47.2 Å². The second-order valence-corrected chi connectivity index (χ2v) is 5.45. The number of hydrogen-bond donors (Lipinski definition) is 1. The van der Waals surface area contributed by atoms with Gasteiger partial charge in [0.05, 0.1) is 0 Å². The van der Waals surface area contributed by atoms with E-state index in [1.165, 1.54) is 0 Å². The lowest BCUT2D eigenvalue weighted by atomic mass is 10.1. The second-order valence-electron chi connectivity index (χ2n) is 5.45. The number of ether oxygens (including phenoxy) is 1. The lowest BCUT2D eigenvalue weighted by Crippen LogP contribution is -2.34. The van der Waals surface area contributed by atoms with Crippen molar-refractivity contribution in [3.05, 3.63) is 29.3 Å². The van der Waals surface area contributed by atoms with Gasteiger partial charge >= 0.3 is 0 Å². The molecule has 1 amide bonds. The van der Waals surface area contributed by atoms with Gasteiger partial charge < -0.3 is 15.0 Å². The van der Waals surface area contributed by atoms with Gasteiger partial charge in [-0.25, -0.2) is 0 Å². The van der Waals surface area contributed by atoms with Gasteiger partial charge in [-0.15, -0.1) is 0 Å². The molecule has 4 heteroatoms. The van der Waals surface area contributed by atoms with Gasteiger partial charge in [0.1, 0.15) is 5.75 Å². The highest BCUT2D eigenvalue weighted by Crippen LogP contribution is 2.23. The summed E-state index contributed by atoms with van der Waals surface area (Å²) in [7, 11) is 0. The Morgan fingerprint density at radius 2 is 1.95 bits per heavy atom. The second kappa shape index (κ2) is 8.67. The summed E-state index contributed by atoms with van der Waals surface area (Å²) in [6.45, 7) is 12.5. The first-order valence-electron chi connectivity index (χ1n) is 7.72. The van der Waals surface area contributed by atoms with E-state index in [-0.39, 0.29) is 12.5 Å². The molecule has 0 bridgehead atoms. The van der Waals surface area contributed by atoms with E-state index in [4.69, 9.17) is 4.74 Å². The molecule has 0 spiro atoms. The molecule has 4 nitrogen and oxygen atoms in total. The van der Waals surface area contributed by atoms with E-state index in [0.29, 0.717) is 19.1 Å². The number of nitrogens with one attached hydrogen (secondary N) is 1. The first-order valence-corrected chi connectivity index (χ1v) is 7.72. The third-order valence-electron chi connectivity index (χ3n) is 3.45. The molecule has 118 valence electrons. The fraction of sp³-hybridized carbons (Fsp3) is 0.588. The predicted molar refractivity (Wildman–Crippen MR) is 86.6 cm³/mol. The van der Waals surface area contributed by atoms with Crippen LogP contribution in [0.4, 0.5) is 0 Å². The zero-order valence-electron chi connectivity index (χ0n) is 13.9. The SMILES string of the molecule is CCN(CC)C(=O)COc1c(C)cccc1CNC(C)C. The van der Waals surface area contributed by atoms with Gasteiger partial charge in [-0.1, -0.05) is 32.0 Å². The van der Waals surface area contributed by atoms with Crippen molar-refractivity contribution in [2.75, 3.05) is 19.7 Å². The molecule has 0 unspecified atom stereocenters. The molecule has 0 aliphatic heterocycles. The quantitative estimate of drug-likeness (QED) is 0.801. The van der Waals surface area contributed by atoms with Crippen molar-refractivity contribution in [1.82, 2.24) is 10.2 Å². The van der Waals surface area contributed by atoms with Crippen molar-refractivity contribution in [3.63, 3.8) is 0 Å². The fourth-order valence-corrected chi connectivity index (χ4v) is 2.17. The number of benzene rings is 1. The maximum atomic E-state index is 12.1. The molecule has 1 N–H and O–H groups in total. The van der Waals surface area contributed by atoms with E-state index >= 15 is 0 Å². The number of hydrogen-bond acceptors (Lipinski definition) is 3. The molecule has 21 heavy (non-hydrogen) atoms. The Morgan fingerprint density at radius 3 is 2.52 bits per heavy atom. The number of likely N-dealkylation sites (N-methyl/N-ethyl adjacent to an activating group) is 1. The number of nitrogens with zero attached hydrogens (tertiary/aromatic N) is 1. The molecular weight excluding hydrogens is 264 g/mol. The maximum absolute atomic E-state index is 12.1. The first-order chi connectivity index (χ1) is 9.99. The van der Waals surface area contributed by atoms with Gasteiger partial charge in [-0.3, -0.25) is 4.79 Å². The van der Waals surface area contributed by atoms with Crippen LogP contribution in [0.1, 0.15) is 38.8 Å². The van der Waals surface area contributed by atoms with Crippen LogP contribution < -0.4 is 10.1 Å². The standard InChI is InChI=1S/C17H28N2O2/c1-6-19(7-2)16(20)12-21-17-14(5)9-8-10-15(17)11-18-13(3)4/h8-10,13,18H,6-7,11-12H2,1-5H3. The van der Waals surface area contributed by atoms with Gasteiger partial charge in [-0.2, -0.15) is 0 Å². The molecule has 0 heterocycles. The summed E-state index contributed by atoms with van der Waals surface area (Å²) < 4.78 is 5.82. The van der Waals surface area contributed by atoms with Crippen LogP contribution in [0.15, 0.2) is 18.2 Å². The van der Waals surface area contributed by atoms with Gasteiger partial charge in [0.15, 0.2) is 6.61 Å². The highest BCUT2D eigenvalue weighted by atomic mass is 16.5. The average Bonchev–Trinajstić information content (AvgIpc) is 2.45. The zero-order chi connectivity index (χ0) is 15.8. The van der Waals surface area contributed by atoms with E-state index in [2.05, 4.69) is 19.2 Å². The summed E-state index contributed by atoms with van der Waals surface area (Å²) in [4.78, 5) is 13.8. The van der Waals surface area contributed by atoms with Crippen LogP contribution >= 0.6 is 0 Å². The molecule has 0 fully saturated rings. The van der Waals surface area contributed by atoms with E-state index in [0.717, 1.165) is 23.4 Å². The number of aryl methyl sites for hydroxylation is 1. The van der Waals surface area contributed by atoms with Gasteiger partial charge in [0.2, 0.25) is 0 Å². The highest BCUT2D eigenvalue weighted by molar-refractivity contribution is 5.77.